The predicted molar refractivity (Wildman–Crippen MR) is 87.2 cm³/mol. The summed E-state index contributed by atoms with van der Waals surface area (Å²) in [4.78, 5) is 19.2. The van der Waals surface area contributed by atoms with Crippen LogP contribution in [0.4, 0.5) is 11.9 Å². The largest absolute Gasteiger partial charge is 0.343 e. The van der Waals surface area contributed by atoms with Gasteiger partial charge in [-0.3, -0.25) is 0 Å². The van der Waals surface area contributed by atoms with Gasteiger partial charge in [0, 0.05) is 24.7 Å². The normalized spacial score (nSPS) is 11.5. The molecule has 8 heteroatoms. The van der Waals surface area contributed by atoms with E-state index in [2.05, 4.69) is 25.3 Å². The molecule has 2 aromatic heterocycles. The van der Waals surface area contributed by atoms with E-state index in [0.29, 0.717) is 11.9 Å². The van der Waals surface area contributed by atoms with Crippen molar-refractivity contribution < 1.29 is 0 Å². The van der Waals surface area contributed by atoms with Crippen molar-refractivity contribution in [1.82, 2.24) is 19.9 Å². The number of aromatic nitrogens is 4. The van der Waals surface area contributed by atoms with Crippen molar-refractivity contribution in [3.05, 3.63) is 21.9 Å². The van der Waals surface area contributed by atoms with Crippen molar-refractivity contribution in [2.24, 2.45) is 0 Å². The summed E-state index contributed by atoms with van der Waals surface area (Å²) in [5.74, 6) is 1.04. The van der Waals surface area contributed by atoms with Crippen molar-refractivity contribution in [2.45, 2.75) is 33.2 Å². The van der Waals surface area contributed by atoms with Crippen LogP contribution in [0, 0.1) is 0 Å². The molecule has 0 spiro atoms. The summed E-state index contributed by atoms with van der Waals surface area (Å²) in [6.07, 6.45) is 1.78. The van der Waals surface area contributed by atoms with E-state index in [1.165, 1.54) is 0 Å². The third kappa shape index (κ3) is 3.79. The quantitative estimate of drug-likeness (QED) is 0.879. The fourth-order valence-electron chi connectivity index (χ4n) is 1.91. The van der Waals surface area contributed by atoms with Crippen LogP contribution in [0.25, 0.3) is 0 Å². The van der Waals surface area contributed by atoms with E-state index in [-0.39, 0.29) is 10.8 Å². The van der Waals surface area contributed by atoms with Crippen molar-refractivity contribution in [1.29, 1.82) is 0 Å². The van der Waals surface area contributed by atoms with Gasteiger partial charge in [-0.2, -0.15) is 15.0 Å². The van der Waals surface area contributed by atoms with Gasteiger partial charge in [-0.25, -0.2) is 4.98 Å². The smallest absolute Gasteiger partial charge is 0.231 e. The van der Waals surface area contributed by atoms with Gasteiger partial charge >= 0.3 is 0 Å². The lowest BCUT2D eigenvalue weighted by molar-refractivity contribution is 0.595. The maximum atomic E-state index is 6.02. The highest BCUT2D eigenvalue weighted by Crippen LogP contribution is 2.26. The Morgan fingerprint density at radius 1 is 1.24 bits per heavy atom. The van der Waals surface area contributed by atoms with Crippen molar-refractivity contribution in [2.75, 3.05) is 23.3 Å². The second kappa shape index (κ2) is 6.53. The van der Waals surface area contributed by atoms with Crippen LogP contribution in [0.1, 0.15) is 32.7 Å². The van der Waals surface area contributed by atoms with E-state index in [1.807, 2.05) is 38.0 Å². The molecule has 0 fully saturated rings. The van der Waals surface area contributed by atoms with E-state index in [1.54, 1.807) is 17.5 Å². The first-order valence-electron chi connectivity index (χ1n) is 6.81. The fraction of sp³-hybridized carbons (Fsp3) is 0.538. The number of anilines is 2. The van der Waals surface area contributed by atoms with Gasteiger partial charge in [0.25, 0.3) is 0 Å². The van der Waals surface area contributed by atoms with E-state index < -0.39 is 0 Å². The van der Waals surface area contributed by atoms with E-state index in [9.17, 15) is 0 Å². The molecule has 2 aromatic rings. The summed E-state index contributed by atoms with van der Waals surface area (Å²) in [5.41, 5.74) is -0.376. The molecular weight excluding hydrogens is 308 g/mol. The molecule has 0 atom stereocenters. The first kappa shape index (κ1) is 15.9. The first-order valence-corrected chi connectivity index (χ1v) is 8.06. The summed E-state index contributed by atoms with van der Waals surface area (Å²) in [7, 11) is 0. The first-order chi connectivity index (χ1) is 9.96. The Hall–Kier alpha value is -1.47. The standard InChI is InChI=1S/C13H19ClN6S/c1-5-20(6-2)12-17-10(14)16-11(18-12)19-13(3,4)9-15-7-8-21-9/h7-8H,5-6H2,1-4H3,(H,16,17,18,19). The zero-order valence-electron chi connectivity index (χ0n) is 12.6. The van der Waals surface area contributed by atoms with Gasteiger partial charge in [-0.15, -0.1) is 11.3 Å². The van der Waals surface area contributed by atoms with E-state index in [0.717, 1.165) is 18.1 Å². The molecule has 2 rings (SSSR count). The molecule has 0 aliphatic carbocycles. The Labute approximate surface area is 133 Å². The van der Waals surface area contributed by atoms with E-state index >= 15 is 0 Å². The lowest BCUT2D eigenvalue weighted by atomic mass is 10.1. The Morgan fingerprint density at radius 3 is 2.52 bits per heavy atom. The highest BCUT2D eigenvalue weighted by atomic mass is 35.5. The summed E-state index contributed by atoms with van der Waals surface area (Å²) in [5, 5.41) is 6.37. The molecule has 0 amide bonds. The van der Waals surface area contributed by atoms with Crippen LogP contribution in [0.2, 0.25) is 5.28 Å². The van der Waals surface area contributed by atoms with Gasteiger partial charge < -0.3 is 10.2 Å². The molecule has 21 heavy (non-hydrogen) atoms. The maximum absolute atomic E-state index is 6.02. The summed E-state index contributed by atoms with van der Waals surface area (Å²) in [6.45, 7) is 9.78. The summed E-state index contributed by atoms with van der Waals surface area (Å²) in [6, 6.07) is 0. The van der Waals surface area contributed by atoms with Crippen molar-refractivity contribution in [3.8, 4) is 0 Å². The minimum absolute atomic E-state index is 0.185. The van der Waals surface area contributed by atoms with Crippen molar-refractivity contribution in [3.63, 3.8) is 0 Å². The number of nitrogens with one attached hydrogen (secondary N) is 1. The Morgan fingerprint density at radius 2 is 1.95 bits per heavy atom. The molecule has 0 saturated carbocycles. The second-order valence-electron chi connectivity index (χ2n) is 4.99. The average Bonchev–Trinajstić information content (AvgIpc) is 2.93. The number of hydrogen-bond acceptors (Lipinski definition) is 7. The molecule has 0 aliphatic heterocycles. The fourth-order valence-corrected chi connectivity index (χ4v) is 2.78. The lowest BCUT2D eigenvalue weighted by Crippen LogP contribution is -2.30. The topological polar surface area (TPSA) is 66.8 Å². The molecule has 2 heterocycles. The van der Waals surface area contributed by atoms with Gasteiger partial charge in [-0.1, -0.05) is 0 Å². The highest BCUT2D eigenvalue weighted by molar-refractivity contribution is 7.09. The van der Waals surface area contributed by atoms with Crippen LogP contribution in [0.15, 0.2) is 11.6 Å². The van der Waals surface area contributed by atoms with Crippen LogP contribution in [-0.2, 0) is 5.54 Å². The monoisotopic (exact) mass is 326 g/mol. The molecule has 114 valence electrons. The second-order valence-corrected chi connectivity index (χ2v) is 6.22. The van der Waals surface area contributed by atoms with Crippen LogP contribution in [0.3, 0.4) is 0 Å². The minimum Gasteiger partial charge on any atom is -0.343 e. The SMILES string of the molecule is CCN(CC)c1nc(Cl)nc(NC(C)(C)c2nccs2)n1. The van der Waals surface area contributed by atoms with E-state index in [4.69, 9.17) is 11.6 Å². The summed E-state index contributed by atoms with van der Waals surface area (Å²) < 4.78 is 0. The number of thiazole rings is 1. The number of nitrogens with zero attached hydrogens (tertiary/aromatic N) is 5. The third-order valence-corrected chi connectivity index (χ3v) is 4.30. The van der Waals surface area contributed by atoms with Crippen LogP contribution in [0.5, 0.6) is 0 Å². The molecule has 0 aromatic carbocycles. The molecule has 6 nitrogen and oxygen atoms in total. The number of rotatable bonds is 6. The average molecular weight is 327 g/mol. The molecule has 0 unspecified atom stereocenters. The lowest BCUT2D eigenvalue weighted by Gasteiger charge is -2.25. The zero-order valence-corrected chi connectivity index (χ0v) is 14.2. The molecule has 0 saturated heterocycles. The molecule has 0 aliphatic rings. The maximum Gasteiger partial charge on any atom is 0.231 e. The summed E-state index contributed by atoms with van der Waals surface area (Å²) >= 11 is 7.60. The van der Waals surface area contributed by atoms with Gasteiger partial charge in [-0.05, 0) is 39.3 Å². The highest BCUT2D eigenvalue weighted by Gasteiger charge is 2.25. The van der Waals surface area contributed by atoms with Crippen molar-refractivity contribution >= 4 is 34.8 Å². The number of halogens is 1. The Balaban J connectivity index is 2.28. The van der Waals surface area contributed by atoms with Gasteiger partial charge in [0.15, 0.2) is 0 Å². The molecular formula is C13H19ClN6S. The third-order valence-electron chi connectivity index (χ3n) is 3.03. The van der Waals surface area contributed by atoms with Crippen LogP contribution >= 0.6 is 22.9 Å². The Bertz CT molecular complexity index is 582. The van der Waals surface area contributed by atoms with Gasteiger partial charge in [0.2, 0.25) is 17.2 Å². The molecule has 0 bridgehead atoms. The van der Waals surface area contributed by atoms with Crippen LogP contribution < -0.4 is 10.2 Å². The predicted octanol–water partition coefficient (Wildman–Crippen LogP) is 3.17. The zero-order chi connectivity index (χ0) is 15.5. The van der Waals surface area contributed by atoms with Gasteiger partial charge in [0.05, 0.1) is 5.54 Å². The minimum atomic E-state index is -0.376. The molecule has 1 N–H and O–H groups in total. The van der Waals surface area contributed by atoms with Gasteiger partial charge in [0.1, 0.15) is 5.01 Å². The Kier molecular flexibility index (Phi) is 4.95. The van der Waals surface area contributed by atoms with Crippen LogP contribution in [-0.4, -0.2) is 33.0 Å². The number of hydrogen-bond donors (Lipinski definition) is 1. The molecule has 0 radical (unpaired) electrons.